The van der Waals surface area contributed by atoms with Crippen molar-refractivity contribution in [3.05, 3.63) is 35.9 Å². The summed E-state index contributed by atoms with van der Waals surface area (Å²) in [5.41, 5.74) is 2.31. The minimum absolute atomic E-state index is 0.0755. The summed E-state index contributed by atoms with van der Waals surface area (Å²) in [5.74, 6) is 0. The lowest BCUT2D eigenvalue weighted by Crippen LogP contribution is -2.38. The lowest BCUT2D eigenvalue weighted by atomic mass is 10.0. The highest BCUT2D eigenvalue weighted by atomic mass is 16.6. The minimum Gasteiger partial charge on any atom is -0.393 e. The fourth-order valence-corrected chi connectivity index (χ4v) is 2.70. The van der Waals surface area contributed by atoms with Crippen LogP contribution < -0.4 is 0 Å². The van der Waals surface area contributed by atoms with E-state index in [1.54, 1.807) is 0 Å². The summed E-state index contributed by atoms with van der Waals surface area (Å²) in [7, 11) is 0. The molecule has 1 fully saturated rings. The first-order chi connectivity index (χ1) is 9.31. The summed E-state index contributed by atoms with van der Waals surface area (Å²) < 4.78 is 0. The van der Waals surface area contributed by atoms with Crippen molar-refractivity contribution >= 4 is 5.71 Å². The van der Waals surface area contributed by atoms with E-state index in [2.05, 4.69) is 22.2 Å². The second-order valence-electron chi connectivity index (χ2n) is 5.37. The predicted octanol–water partition coefficient (Wildman–Crippen LogP) is 1.96. The monoisotopic (exact) mass is 260 g/mol. The van der Waals surface area contributed by atoms with Gasteiger partial charge in [0.2, 0.25) is 0 Å². The van der Waals surface area contributed by atoms with Crippen LogP contribution in [0.1, 0.15) is 30.9 Å². The molecule has 1 aromatic carbocycles. The first-order valence-corrected chi connectivity index (χ1v) is 6.98. The molecule has 102 valence electrons. The molecular formula is C15H20N2O2. The Hall–Kier alpha value is -1.39. The third-order valence-corrected chi connectivity index (χ3v) is 3.86. The number of hydrogen-bond acceptors (Lipinski definition) is 4. The Balaban J connectivity index is 1.52. The number of aliphatic hydroxyl groups is 1. The van der Waals surface area contributed by atoms with Crippen molar-refractivity contribution in [2.24, 2.45) is 5.16 Å². The quantitative estimate of drug-likeness (QED) is 0.903. The predicted molar refractivity (Wildman–Crippen MR) is 74.0 cm³/mol. The van der Waals surface area contributed by atoms with E-state index < -0.39 is 0 Å². The molecule has 2 aliphatic heterocycles. The van der Waals surface area contributed by atoms with Crippen molar-refractivity contribution in [1.29, 1.82) is 0 Å². The van der Waals surface area contributed by atoms with E-state index in [4.69, 9.17) is 4.84 Å². The normalized spacial score (nSPS) is 25.1. The Morgan fingerprint density at radius 3 is 2.68 bits per heavy atom. The van der Waals surface area contributed by atoms with E-state index in [-0.39, 0.29) is 12.2 Å². The maximum atomic E-state index is 9.50. The molecule has 4 heteroatoms. The average Bonchev–Trinajstić information content (AvgIpc) is 2.91. The highest BCUT2D eigenvalue weighted by molar-refractivity contribution is 5.87. The molecule has 3 rings (SSSR count). The molecule has 0 radical (unpaired) electrons. The van der Waals surface area contributed by atoms with Crippen LogP contribution >= 0.6 is 0 Å². The Labute approximate surface area is 113 Å². The van der Waals surface area contributed by atoms with Crippen LogP contribution in [-0.4, -0.2) is 41.5 Å². The highest BCUT2D eigenvalue weighted by Crippen LogP contribution is 2.27. The van der Waals surface area contributed by atoms with E-state index in [1.165, 1.54) is 5.56 Å². The van der Waals surface area contributed by atoms with Gasteiger partial charge >= 0.3 is 0 Å². The average molecular weight is 260 g/mol. The molecule has 1 N–H and O–H groups in total. The van der Waals surface area contributed by atoms with Crippen molar-refractivity contribution in [2.45, 2.75) is 31.5 Å². The smallest absolute Gasteiger partial charge is 0.157 e. The molecule has 0 aromatic heterocycles. The summed E-state index contributed by atoms with van der Waals surface area (Å²) in [6.45, 7) is 2.78. The molecule has 0 bridgehead atoms. The van der Waals surface area contributed by atoms with Crippen LogP contribution in [-0.2, 0) is 4.84 Å². The minimum atomic E-state index is -0.116. The van der Waals surface area contributed by atoms with Crippen LogP contribution in [0.2, 0.25) is 0 Å². The van der Waals surface area contributed by atoms with Gasteiger partial charge in [-0.15, -0.1) is 0 Å². The van der Waals surface area contributed by atoms with E-state index in [0.717, 1.165) is 44.6 Å². The fourth-order valence-electron chi connectivity index (χ4n) is 2.70. The molecule has 1 unspecified atom stereocenters. The SMILES string of the molecule is OC1CCN(CC2=NOC(c3ccccc3)C2)CC1. The second kappa shape index (κ2) is 5.72. The van der Waals surface area contributed by atoms with Gasteiger partial charge in [-0.25, -0.2) is 0 Å². The van der Waals surface area contributed by atoms with Crippen LogP contribution in [0.25, 0.3) is 0 Å². The molecule has 1 aromatic rings. The molecule has 0 amide bonds. The standard InChI is InChI=1S/C15H20N2O2/c18-14-6-8-17(9-7-14)11-13-10-15(19-16-13)12-4-2-1-3-5-12/h1-5,14-15,18H,6-11H2. The first kappa shape index (κ1) is 12.6. The topological polar surface area (TPSA) is 45.1 Å². The van der Waals surface area contributed by atoms with Crippen molar-refractivity contribution < 1.29 is 9.94 Å². The number of benzene rings is 1. The first-order valence-electron chi connectivity index (χ1n) is 6.98. The second-order valence-corrected chi connectivity index (χ2v) is 5.37. The zero-order valence-electron chi connectivity index (χ0n) is 11.0. The molecule has 1 saturated heterocycles. The van der Waals surface area contributed by atoms with E-state index in [0.29, 0.717) is 0 Å². The van der Waals surface area contributed by atoms with Gasteiger partial charge in [-0.3, -0.25) is 4.90 Å². The maximum absolute atomic E-state index is 9.50. The number of nitrogens with zero attached hydrogens (tertiary/aromatic N) is 2. The molecule has 4 nitrogen and oxygen atoms in total. The zero-order chi connectivity index (χ0) is 13.1. The Kier molecular flexibility index (Phi) is 3.80. The van der Waals surface area contributed by atoms with Gasteiger partial charge in [0.25, 0.3) is 0 Å². The van der Waals surface area contributed by atoms with Gasteiger partial charge in [-0.1, -0.05) is 35.5 Å². The van der Waals surface area contributed by atoms with Crippen molar-refractivity contribution in [1.82, 2.24) is 4.90 Å². The molecule has 2 aliphatic rings. The largest absolute Gasteiger partial charge is 0.393 e. The lowest BCUT2D eigenvalue weighted by Gasteiger charge is -2.28. The maximum Gasteiger partial charge on any atom is 0.157 e. The Bertz CT molecular complexity index is 439. The van der Waals surface area contributed by atoms with E-state index in [1.807, 2.05) is 18.2 Å². The highest BCUT2D eigenvalue weighted by Gasteiger charge is 2.25. The van der Waals surface area contributed by atoms with E-state index >= 15 is 0 Å². The number of aliphatic hydroxyl groups excluding tert-OH is 1. The third-order valence-electron chi connectivity index (χ3n) is 3.86. The molecule has 0 spiro atoms. The molecule has 0 saturated carbocycles. The molecule has 19 heavy (non-hydrogen) atoms. The molecule has 0 aliphatic carbocycles. The van der Waals surface area contributed by atoms with Gasteiger partial charge in [-0.2, -0.15) is 0 Å². The fraction of sp³-hybridized carbons (Fsp3) is 0.533. The van der Waals surface area contributed by atoms with Crippen molar-refractivity contribution in [2.75, 3.05) is 19.6 Å². The third kappa shape index (κ3) is 3.14. The Morgan fingerprint density at radius 1 is 1.21 bits per heavy atom. The van der Waals surface area contributed by atoms with Gasteiger partial charge in [0, 0.05) is 26.1 Å². The summed E-state index contributed by atoms with van der Waals surface area (Å²) >= 11 is 0. The summed E-state index contributed by atoms with van der Waals surface area (Å²) in [6.07, 6.45) is 2.58. The van der Waals surface area contributed by atoms with Gasteiger partial charge in [0.15, 0.2) is 6.10 Å². The molecule has 1 atom stereocenters. The summed E-state index contributed by atoms with van der Waals surface area (Å²) in [6, 6.07) is 10.2. The Morgan fingerprint density at radius 2 is 1.95 bits per heavy atom. The number of likely N-dealkylation sites (tertiary alicyclic amines) is 1. The number of oxime groups is 1. The number of piperidine rings is 1. The van der Waals surface area contributed by atoms with E-state index in [9.17, 15) is 5.11 Å². The molecular weight excluding hydrogens is 240 g/mol. The number of hydrogen-bond donors (Lipinski definition) is 1. The summed E-state index contributed by atoms with van der Waals surface area (Å²) in [4.78, 5) is 7.88. The van der Waals surface area contributed by atoms with Gasteiger partial charge < -0.3 is 9.94 Å². The molecule has 2 heterocycles. The van der Waals surface area contributed by atoms with Crippen molar-refractivity contribution in [3.63, 3.8) is 0 Å². The zero-order valence-corrected chi connectivity index (χ0v) is 11.0. The van der Waals surface area contributed by atoms with Crippen LogP contribution in [0.3, 0.4) is 0 Å². The van der Waals surface area contributed by atoms with Crippen LogP contribution in [0.15, 0.2) is 35.5 Å². The van der Waals surface area contributed by atoms with Crippen molar-refractivity contribution in [3.8, 4) is 0 Å². The van der Waals surface area contributed by atoms with Gasteiger partial charge in [0.1, 0.15) is 0 Å². The van der Waals surface area contributed by atoms with Gasteiger partial charge in [0.05, 0.1) is 11.8 Å². The lowest BCUT2D eigenvalue weighted by molar-refractivity contribution is 0.0850. The van der Waals surface area contributed by atoms with Gasteiger partial charge in [-0.05, 0) is 18.4 Å². The van der Waals surface area contributed by atoms with Crippen LogP contribution in [0.4, 0.5) is 0 Å². The van der Waals surface area contributed by atoms with Crippen LogP contribution in [0, 0.1) is 0 Å². The number of rotatable bonds is 3. The summed E-state index contributed by atoms with van der Waals surface area (Å²) in [5, 5.41) is 13.7. The van der Waals surface area contributed by atoms with Crippen LogP contribution in [0.5, 0.6) is 0 Å².